The summed E-state index contributed by atoms with van der Waals surface area (Å²) in [4.78, 5) is 4.87. The van der Waals surface area contributed by atoms with E-state index in [0.717, 1.165) is 39.7 Å². The van der Waals surface area contributed by atoms with Crippen LogP contribution in [0.2, 0.25) is 0 Å². The highest BCUT2D eigenvalue weighted by Crippen LogP contribution is 2.28. The Labute approximate surface area is 188 Å². The van der Waals surface area contributed by atoms with Gasteiger partial charge in [0.25, 0.3) is 0 Å². The predicted octanol–water partition coefficient (Wildman–Crippen LogP) is 4.31. The lowest BCUT2D eigenvalue weighted by Gasteiger charge is -2.10. The summed E-state index contributed by atoms with van der Waals surface area (Å²) in [5.41, 5.74) is 3.86. The van der Waals surface area contributed by atoms with Crippen LogP contribution in [0.5, 0.6) is 11.5 Å². The molecule has 0 radical (unpaired) electrons. The number of para-hydroxylation sites is 2. The lowest BCUT2D eigenvalue weighted by molar-refractivity contribution is 0.414. The molecule has 0 unspecified atom stereocenters. The molecule has 0 amide bonds. The van der Waals surface area contributed by atoms with Gasteiger partial charge in [-0.15, -0.1) is 5.10 Å². The summed E-state index contributed by atoms with van der Waals surface area (Å²) >= 11 is 1.53. The zero-order chi connectivity index (χ0) is 21.9. The highest BCUT2D eigenvalue weighted by atomic mass is 32.2. The third-order valence-electron chi connectivity index (χ3n) is 5.05. The second kappa shape index (κ2) is 8.72. The second-order valence-corrected chi connectivity index (χ2v) is 7.85. The van der Waals surface area contributed by atoms with Crippen LogP contribution in [0.25, 0.3) is 22.4 Å². The maximum absolute atomic E-state index is 5.31. The predicted molar refractivity (Wildman–Crippen MR) is 123 cm³/mol. The summed E-state index contributed by atoms with van der Waals surface area (Å²) in [5.74, 6) is 3.10. The number of benzene rings is 3. The molecule has 3 aromatic carbocycles. The van der Waals surface area contributed by atoms with Gasteiger partial charge >= 0.3 is 0 Å². The van der Waals surface area contributed by atoms with E-state index in [1.807, 2.05) is 66.7 Å². The number of nitrogens with zero attached hydrogens (tertiary/aromatic N) is 6. The minimum absolute atomic E-state index is 0.594. The maximum Gasteiger partial charge on any atom is 0.214 e. The van der Waals surface area contributed by atoms with Gasteiger partial charge in [0.15, 0.2) is 0 Å². The molecule has 2 heterocycles. The number of ether oxygens (including phenoxy) is 2. The normalized spacial score (nSPS) is 11.1. The molecule has 0 bridgehead atoms. The minimum atomic E-state index is 0.594. The zero-order valence-corrected chi connectivity index (χ0v) is 18.4. The highest BCUT2D eigenvalue weighted by Gasteiger charge is 2.16. The van der Waals surface area contributed by atoms with Crippen LogP contribution in [0.3, 0.4) is 0 Å². The number of rotatable bonds is 7. The van der Waals surface area contributed by atoms with Gasteiger partial charge in [-0.05, 0) is 71.1 Å². The number of imidazole rings is 1. The van der Waals surface area contributed by atoms with Crippen LogP contribution in [0.15, 0.2) is 78.0 Å². The molecule has 0 aliphatic rings. The number of fused-ring (bicyclic) bond motifs is 1. The van der Waals surface area contributed by atoms with Crippen molar-refractivity contribution in [3.8, 4) is 22.9 Å². The Kier molecular flexibility index (Phi) is 5.47. The Hall–Kier alpha value is -3.85. The van der Waals surface area contributed by atoms with Crippen molar-refractivity contribution >= 4 is 22.8 Å². The molecular formula is C23H20N6O2S. The Morgan fingerprint density at radius 3 is 2.16 bits per heavy atom. The molecule has 0 saturated carbocycles. The fourth-order valence-electron chi connectivity index (χ4n) is 3.48. The molecule has 0 spiro atoms. The molecule has 5 rings (SSSR count). The first kappa shape index (κ1) is 20.1. The van der Waals surface area contributed by atoms with E-state index in [1.54, 1.807) is 18.9 Å². The molecule has 0 aliphatic carbocycles. The first-order chi connectivity index (χ1) is 15.8. The number of tetrazole rings is 1. The smallest absolute Gasteiger partial charge is 0.214 e. The van der Waals surface area contributed by atoms with Crippen molar-refractivity contribution in [2.45, 2.75) is 10.9 Å². The molecule has 5 aromatic rings. The van der Waals surface area contributed by atoms with Crippen LogP contribution in [-0.2, 0) is 5.75 Å². The molecule has 32 heavy (non-hydrogen) atoms. The van der Waals surface area contributed by atoms with Crippen molar-refractivity contribution in [1.29, 1.82) is 0 Å². The fraction of sp³-hybridized carbons (Fsp3) is 0.130. The van der Waals surface area contributed by atoms with Crippen LogP contribution in [-0.4, -0.2) is 44.0 Å². The zero-order valence-electron chi connectivity index (χ0n) is 17.5. The summed E-state index contributed by atoms with van der Waals surface area (Å²) in [6.07, 6.45) is 0. The minimum Gasteiger partial charge on any atom is -0.497 e. The van der Waals surface area contributed by atoms with Crippen LogP contribution in [0, 0.1) is 0 Å². The Morgan fingerprint density at radius 1 is 0.812 bits per heavy atom. The Morgan fingerprint density at radius 2 is 1.47 bits per heavy atom. The van der Waals surface area contributed by atoms with Crippen molar-refractivity contribution < 1.29 is 9.47 Å². The van der Waals surface area contributed by atoms with Crippen molar-refractivity contribution in [2.24, 2.45) is 0 Å². The van der Waals surface area contributed by atoms with E-state index < -0.39 is 0 Å². The van der Waals surface area contributed by atoms with E-state index in [-0.39, 0.29) is 0 Å². The van der Waals surface area contributed by atoms with E-state index >= 15 is 0 Å². The molecule has 0 N–H and O–H groups in total. The largest absolute Gasteiger partial charge is 0.497 e. The summed E-state index contributed by atoms with van der Waals surface area (Å²) in [7, 11) is 3.30. The third kappa shape index (κ3) is 3.78. The quantitative estimate of drug-likeness (QED) is 0.346. The standard InChI is InChI=1S/C23H20N6O2S/c1-30-18-11-7-16(8-12-18)28-21-6-4-3-5-20(21)24-22(28)15-32-23-25-26-27-29(23)17-9-13-19(31-2)14-10-17/h3-14H,15H2,1-2H3. The number of aromatic nitrogens is 6. The second-order valence-electron chi connectivity index (χ2n) is 6.91. The van der Waals surface area contributed by atoms with Gasteiger partial charge in [-0.3, -0.25) is 4.57 Å². The van der Waals surface area contributed by atoms with Crippen molar-refractivity contribution in [1.82, 2.24) is 29.8 Å². The van der Waals surface area contributed by atoms with Gasteiger partial charge in [-0.2, -0.15) is 4.68 Å². The van der Waals surface area contributed by atoms with Gasteiger partial charge in [-0.25, -0.2) is 4.98 Å². The lowest BCUT2D eigenvalue weighted by atomic mass is 10.2. The SMILES string of the molecule is COc1ccc(-n2nnnc2SCc2nc3ccccc3n2-c2ccc(OC)cc2)cc1. The van der Waals surface area contributed by atoms with Crippen LogP contribution in [0.4, 0.5) is 0 Å². The highest BCUT2D eigenvalue weighted by molar-refractivity contribution is 7.98. The molecule has 0 atom stereocenters. The van der Waals surface area contributed by atoms with E-state index in [9.17, 15) is 0 Å². The van der Waals surface area contributed by atoms with Crippen molar-refractivity contribution in [3.05, 3.63) is 78.6 Å². The van der Waals surface area contributed by atoms with Crippen LogP contribution in [0.1, 0.15) is 5.82 Å². The maximum atomic E-state index is 5.31. The van der Waals surface area contributed by atoms with Crippen molar-refractivity contribution in [3.63, 3.8) is 0 Å². The molecule has 0 fully saturated rings. The average molecular weight is 445 g/mol. The summed E-state index contributed by atoms with van der Waals surface area (Å²) in [6, 6.07) is 23.7. The van der Waals surface area contributed by atoms with Gasteiger partial charge in [0, 0.05) is 5.69 Å². The topological polar surface area (TPSA) is 79.9 Å². The number of hydrogen-bond acceptors (Lipinski definition) is 7. The van der Waals surface area contributed by atoms with Crippen LogP contribution >= 0.6 is 11.8 Å². The number of methoxy groups -OCH3 is 2. The van der Waals surface area contributed by atoms with E-state index in [4.69, 9.17) is 14.5 Å². The molecule has 160 valence electrons. The van der Waals surface area contributed by atoms with Crippen molar-refractivity contribution in [2.75, 3.05) is 14.2 Å². The summed E-state index contributed by atoms with van der Waals surface area (Å²) in [5, 5.41) is 12.9. The van der Waals surface area contributed by atoms with Gasteiger partial charge < -0.3 is 9.47 Å². The van der Waals surface area contributed by atoms with E-state index in [0.29, 0.717) is 10.9 Å². The summed E-state index contributed by atoms with van der Waals surface area (Å²) in [6.45, 7) is 0. The monoisotopic (exact) mass is 444 g/mol. The number of thioether (sulfide) groups is 1. The van der Waals surface area contributed by atoms with Gasteiger partial charge in [-0.1, -0.05) is 23.9 Å². The average Bonchev–Trinajstić information content (AvgIpc) is 3.47. The molecule has 0 aliphatic heterocycles. The van der Waals surface area contributed by atoms with E-state index in [1.165, 1.54) is 11.8 Å². The molecule has 2 aromatic heterocycles. The molecular weight excluding hydrogens is 424 g/mol. The van der Waals surface area contributed by atoms with Gasteiger partial charge in [0.05, 0.1) is 36.7 Å². The molecule has 8 nitrogen and oxygen atoms in total. The molecule has 9 heteroatoms. The van der Waals surface area contributed by atoms with E-state index in [2.05, 4.69) is 26.2 Å². The molecule has 0 saturated heterocycles. The Balaban J connectivity index is 1.47. The van der Waals surface area contributed by atoms with Gasteiger partial charge in [0.2, 0.25) is 5.16 Å². The lowest BCUT2D eigenvalue weighted by Crippen LogP contribution is -2.02. The third-order valence-corrected chi connectivity index (χ3v) is 5.96. The number of hydrogen-bond donors (Lipinski definition) is 0. The Bertz CT molecular complexity index is 1350. The fourth-order valence-corrected chi connectivity index (χ4v) is 4.29. The van der Waals surface area contributed by atoms with Gasteiger partial charge in [0.1, 0.15) is 17.3 Å². The first-order valence-corrected chi connectivity index (χ1v) is 10.9. The first-order valence-electron chi connectivity index (χ1n) is 9.93. The van der Waals surface area contributed by atoms with Crippen LogP contribution < -0.4 is 9.47 Å². The summed E-state index contributed by atoms with van der Waals surface area (Å²) < 4.78 is 14.4.